The molecule has 5 nitrogen and oxygen atoms in total. The van der Waals surface area contributed by atoms with Crippen LogP contribution in [0.15, 0.2) is 71.7 Å². The van der Waals surface area contributed by atoms with Crippen molar-refractivity contribution in [1.82, 2.24) is 5.32 Å². The van der Waals surface area contributed by atoms with Crippen molar-refractivity contribution < 1.29 is 14.6 Å². The van der Waals surface area contributed by atoms with E-state index in [0.717, 1.165) is 33.9 Å². The Morgan fingerprint density at radius 2 is 1.83 bits per heavy atom. The van der Waals surface area contributed by atoms with Gasteiger partial charge in [0.25, 0.3) is 0 Å². The lowest BCUT2D eigenvalue weighted by atomic mass is 9.93. The molecular weight excluding hydrogens is 388 g/mol. The van der Waals surface area contributed by atoms with Crippen molar-refractivity contribution in [3.05, 3.63) is 88.4 Å². The first-order chi connectivity index (χ1) is 14.2. The fourth-order valence-electron chi connectivity index (χ4n) is 3.79. The molecule has 5 rings (SSSR count). The Morgan fingerprint density at radius 1 is 0.966 bits per heavy atom. The zero-order chi connectivity index (χ0) is 19.8. The predicted octanol–water partition coefficient (Wildman–Crippen LogP) is 5.00. The number of hydrogen-bond acceptors (Lipinski definition) is 5. The number of rotatable bonds is 3. The van der Waals surface area contributed by atoms with E-state index in [1.165, 1.54) is 0 Å². The maximum Gasteiger partial charge on any atom is 0.231 e. The van der Waals surface area contributed by atoms with Crippen molar-refractivity contribution in [2.75, 3.05) is 6.79 Å². The van der Waals surface area contributed by atoms with Gasteiger partial charge in [0.2, 0.25) is 6.79 Å². The van der Waals surface area contributed by atoms with Crippen LogP contribution in [0.1, 0.15) is 35.3 Å². The highest BCUT2D eigenvalue weighted by Crippen LogP contribution is 2.37. The second-order valence-corrected chi connectivity index (χ2v) is 7.52. The van der Waals surface area contributed by atoms with Crippen LogP contribution in [0, 0.1) is 0 Å². The summed E-state index contributed by atoms with van der Waals surface area (Å²) in [6.45, 7) is 0.235. The summed E-state index contributed by atoms with van der Waals surface area (Å²) in [7, 11) is 0. The Morgan fingerprint density at radius 3 is 2.69 bits per heavy atom. The second kappa shape index (κ2) is 7.43. The van der Waals surface area contributed by atoms with E-state index in [1.54, 1.807) is 6.07 Å². The first-order valence-electron chi connectivity index (χ1n) is 9.43. The molecule has 0 saturated carbocycles. The fraction of sp³-hybridized carbons (Fsp3) is 0.174. The number of hydrogen-bond donors (Lipinski definition) is 2. The third kappa shape index (κ3) is 3.55. The number of nitrogens with one attached hydrogen (secondary N) is 1. The summed E-state index contributed by atoms with van der Waals surface area (Å²) in [5, 5.41) is 14.6. The van der Waals surface area contributed by atoms with Crippen LogP contribution in [0.3, 0.4) is 0 Å². The number of ether oxygens (including phenoxy) is 2. The van der Waals surface area contributed by atoms with Crippen LogP contribution in [0.25, 0.3) is 0 Å². The summed E-state index contributed by atoms with van der Waals surface area (Å²) >= 11 is 6.21. The molecule has 0 bridgehead atoms. The summed E-state index contributed by atoms with van der Waals surface area (Å²) in [5.74, 6) is 1.73. The van der Waals surface area contributed by atoms with Crippen molar-refractivity contribution in [1.29, 1.82) is 0 Å². The smallest absolute Gasteiger partial charge is 0.231 e. The number of para-hydroxylation sites is 1. The van der Waals surface area contributed by atoms with Gasteiger partial charge in [-0.15, -0.1) is 0 Å². The van der Waals surface area contributed by atoms with Gasteiger partial charge in [-0.1, -0.05) is 41.9 Å². The molecule has 146 valence electrons. The topological polar surface area (TPSA) is 63.1 Å². The molecule has 6 heteroatoms. The van der Waals surface area contributed by atoms with E-state index in [9.17, 15) is 5.11 Å². The van der Waals surface area contributed by atoms with Gasteiger partial charge in [0.15, 0.2) is 11.5 Å². The maximum atomic E-state index is 10.4. The van der Waals surface area contributed by atoms with Crippen molar-refractivity contribution in [3.63, 3.8) is 0 Å². The van der Waals surface area contributed by atoms with Gasteiger partial charge < -0.3 is 14.6 Å². The number of benzene rings is 3. The van der Waals surface area contributed by atoms with E-state index in [1.807, 2.05) is 60.7 Å². The summed E-state index contributed by atoms with van der Waals surface area (Å²) in [6.07, 6.45) is 0.348. The Labute approximate surface area is 173 Å². The third-order valence-corrected chi connectivity index (χ3v) is 5.46. The Kier molecular flexibility index (Phi) is 4.62. The molecule has 0 unspecified atom stereocenters. The average Bonchev–Trinajstić information content (AvgIpc) is 3.22. The highest BCUT2D eigenvalue weighted by molar-refractivity contribution is 6.30. The minimum atomic E-state index is -0.285. The third-order valence-electron chi connectivity index (χ3n) is 5.22. The minimum absolute atomic E-state index is 0.0990. The molecule has 3 aromatic carbocycles. The molecule has 2 N–H and O–H groups in total. The van der Waals surface area contributed by atoms with Crippen molar-refractivity contribution >= 4 is 17.3 Å². The molecule has 0 spiro atoms. The summed E-state index contributed by atoms with van der Waals surface area (Å²) in [4.78, 5) is 4.96. The van der Waals surface area contributed by atoms with Crippen LogP contribution in [-0.4, -0.2) is 17.6 Å². The van der Waals surface area contributed by atoms with E-state index in [-0.39, 0.29) is 24.8 Å². The average molecular weight is 407 g/mol. The largest absolute Gasteiger partial charge is 0.508 e. The minimum Gasteiger partial charge on any atom is -0.508 e. The molecule has 0 aliphatic carbocycles. The van der Waals surface area contributed by atoms with E-state index in [4.69, 9.17) is 26.1 Å². The lowest BCUT2D eigenvalue weighted by molar-refractivity contribution is 0.174. The molecule has 2 aliphatic rings. The maximum absolute atomic E-state index is 10.4. The van der Waals surface area contributed by atoms with Gasteiger partial charge in [0, 0.05) is 28.8 Å². The van der Waals surface area contributed by atoms with Gasteiger partial charge in [0.05, 0.1) is 0 Å². The Hall–Kier alpha value is -3.02. The van der Waals surface area contributed by atoms with Gasteiger partial charge in [-0.2, -0.15) is 0 Å². The number of phenols is 1. The molecule has 0 aromatic heterocycles. The van der Waals surface area contributed by atoms with Gasteiger partial charge in [-0.25, -0.2) is 0 Å². The van der Waals surface area contributed by atoms with Crippen LogP contribution in [0.4, 0.5) is 0 Å². The number of aromatic hydroxyl groups is 1. The molecule has 0 radical (unpaired) electrons. The first-order valence-corrected chi connectivity index (χ1v) is 9.81. The molecule has 0 fully saturated rings. The molecule has 0 saturated heterocycles. The van der Waals surface area contributed by atoms with E-state index in [0.29, 0.717) is 11.4 Å². The van der Waals surface area contributed by atoms with Crippen LogP contribution in [0.5, 0.6) is 17.2 Å². The van der Waals surface area contributed by atoms with Crippen LogP contribution < -0.4 is 14.8 Å². The van der Waals surface area contributed by atoms with Crippen molar-refractivity contribution in [2.24, 2.45) is 4.99 Å². The van der Waals surface area contributed by atoms with Crippen molar-refractivity contribution in [3.8, 4) is 17.2 Å². The highest BCUT2D eigenvalue weighted by atomic mass is 35.5. The lowest BCUT2D eigenvalue weighted by Crippen LogP contribution is -2.33. The predicted molar refractivity (Wildman–Crippen MR) is 112 cm³/mol. The fourth-order valence-corrected chi connectivity index (χ4v) is 3.99. The number of nitrogens with zero attached hydrogens (tertiary/aromatic N) is 1. The molecule has 3 aromatic rings. The molecule has 29 heavy (non-hydrogen) atoms. The number of halogens is 1. The van der Waals surface area contributed by atoms with Crippen molar-refractivity contribution in [2.45, 2.75) is 18.6 Å². The SMILES string of the molecule is Oc1ccccc1[C@@H]1CC(c2ccc3c(c2)OCO3)=N[C@H](c2cccc(Cl)c2)N1. The Bertz CT molecular complexity index is 1100. The molecule has 2 aliphatic heterocycles. The standard InChI is InChI=1S/C23H19ClN2O3/c24-16-5-3-4-15(10-16)23-25-18(14-8-9-21-22(11-14)29-13-28-21)12-19(26-23)17-6-1-2-7-20(17)27/h1-11,19,23,26-27H,12-13H2/t19-,23-/m0/s1. The molecule has 2 atom stereocenters. The Balaban J connectivity index is 1.57. The van der Waals surface area contributed by atoms with Crippen LogP contribution in [-0.2, 0) is 0 Å². The van der Waals surface area contributed by atoms with E-state index >= 15 is 0 Å². The second-order valence-electron chi connectivity index (χ2n) is 7.08. The van der Waals surface area contributed by atoms with Crippen LogP contribution >= 0.6 is 11.6 Å². The zero-order valence-corrected chi connectivity index (χ0v) is 16.3. The molecule has 0 amide bonds. The highest BCUT2D eigenvalue weighted by Gasteiger charge is 2.28. The first kappa shape index (κ1) is 18.0. The van der Waals surface area contributed by atoms with Crippen LogP contribution in [0.2, 0.25) is 5.02 Å². The molecule has 2 heterocycles. The van der Waals surface area contributed by atoms with Gasteiger partial charge in [0.1, 0.15) is 11.9 Å². The molecular formula is C23H19ClN2O3. The zero-order valence-electron chi connectivity index (χ0n) is 15.5. The number of fused-ring (bicyclic) bond motifs is 1. The number of phenolic OH excluding ortho intramolecular Hbond substituents is 1. The lowest BCUT2D eigenvalue weighted by Gasteiger charge is -2.31. The summed E-state index contributed by atoms with van der Waals surface area (Å²) < 4.78 is 11.0. The van der Waals surface area contributed by atoms with Gasteiger partial charge >= 0.3 is 0 Å². The summed E-state index contributed by atoms with van der Waals surface area (Å²) in [5.41, 5.74) is 3.71. The quantitative estimate of drug-likeness (QED) is 0.642. The van der Waals surface area contributed by atoms with E-state index in [2.05, 4.69) is 5.32 Å². The van der Waals surface area contributed by atoms with Gasteiger partial charge in [-0.3, -0.25) is 10.3 Å². The monoisotopic (exact) mass is 406 g/mol. The van der Waals surface area contributed by atoms with E-state index < -0.39 is 0 Å². The normalized spacial score (nSPS) is 20.4. The number of aliphatic imine (C=N–C) groups is 1. The van der Waals surface area contributed by atoms with Gasteiger partial charge in [-0.05, 0) is 47.5 Å². The summed E-state index contributed by atoms with van der Waals surface area (Å²) in [6, 6.07) is 20.8.